The summed E-state index contributed by atoms with van der Waals surface area (Å²) in [7, 11) is 0. The van der Waals surface area contributed by atoms with Crippen molar-refractivity contribution in [2.75, 3.05) is 0 Å². The van der Waals surface area contributed by atoms with E-state index in [2.05, 4.69) is 0 Å². The smallest absolute Gasteiger partial charge is 0.519 e. The van der Waals surface area contributed by atoms with Gasteiger partial charge in [-0.15, -0.1) is 0 Å². The first-order valence-electron chi connectivity index (χ1n) is 4.19. The van der Waals surface area contributed by atoms with E-state index in [0.717, 1.165) is 0 Å². The molecule has 5 nitrogen and oxygen atoms in total. The van der Waals surface area contributed by atoms with Crippen molar-refractivity contribution in [3.63, 3.8) is 0 Å². The summed E-state index contributed by atoms with van der Waals surface area (Å²) in [4.78, 5) is 21.3. The molecular formula is C8H14NO4+. The highest BCUT2D eigenvalue weighted by molar-refractivity contribution is 5.71. The maximum Gasteiger partial charge on any atom is 0.519 e. The molecule has 1 fully saturated rings. The summed E-state index contributed by atoms with van der Waals surface area (Å²) in [6.45, 7) is 1.31. The van der Waals surface area contributed by atoms with Gasteiger partial charge in [0.05, 0.1) is 0 Å². The molecule has 13 heavy (non-hydrogen) atoms. The standard InChI is InChI=1S/C8H13NO4/c1-4(10)13-7-3-5(8(11)12)2-6(7)9/h5-7H,2-3,9H2,1H3,(H,11,12)/p+1/t5-,6-,7-/m0/s1. The van der Waals surface area contributed by atoms with E-state index in [1.165, 1.54) is 6.92 Å². The van der Waals surface area contributed by atoms with Gasteiger partial charge in [0, 0.05) is 24.2 Å². The summed E-state index contributed by atoms with van der Waals surface area (Å²) < 4.78 is 4.90. The number of nitrogens with two attached hydrogens (primary N) is 1. The van der Waals surface area contributed by atoms with Crippen molar-refractivity contribution in [1.29, 1.82) is 0 Å². The Bertz CT molecular complexity index is 228. The number of rotatable bonds is 2. The van der Waals surface area contributed by atoms with Gasteiger partial charge >= 0.3 is 11.9 Å². The van der Waals surface area contributed by atoms with Gasteiger partial charge in [-0.05, 0) is 6.42 Å². The Morgan fingerprint density at radius 3 is 2.46 bits per heavy atom. The van der Waals surface area contributed by atoms with Crippen molar-refractivity contribution >= 4 is 11.9 Å². The van der Waals surface area contributed by atoms with Gasteiger partial charge in [0.1, 0.15) is 12.0 Å². The number of ether oxygens (including phenoxy) is 1. The second-order valence-corrected chi connectivity index (χ2v) is 3.34. The van der Waals surface area contributed by atoms with Gasteiger partial charge in [0.15, 0.2) is 0 Å². The first-order chi connectivity index (χ1) is 6.00. The zero-order valence-corrected chi connectivity index (χ0v) is 7.45. The van der Waals surface area contributed by atoms with Gasteiger partial charge in [-0.2, -0.15) is 0 Å². The van der Waals surface area contributed by atoms with Crippen LogP contribution >= 0.6 is 0 Å². The van der Waals surface area contributed by atoms with Crippen LogP contribution in [0.2, 0.25) is 0 Å². The van der Waals surface area contributed by atoms with Crippen molar-refractivity contribution < 1.29 is 19.4 Å². The maximum absolute atomic E-state index is 10.7. The van der Waals surface area contributed by atoms with Gasteiger partial charge in [0.2, 0.25) is 0 Å². The minimum atomic E-state index is -0.620. The lowest BCUT2D eigenvalue weighted by molar-refractivity contribution is -0.148. The third-order valence-corrected chi connectivity index (χ3v) is 2.24. The molecule has 74 valence electrons. The third-order valence-electron chi connectivity index (χ3n) is 2.24. The molecule has 0 amide bonds. The molecule has 0 bridgehead atoms. The summed E-state index contributed by atoms with van der Waals surface area (Å²) in [6.07, 6.45) is 0.445. The van der Waals surface area contributed by atoms with Crippen LogP contribution < -0.4 is 5.73 Å². The minimum Gasteiger partial charge on any atom is -0.565 e. The van der Waals surface area contributed by atoms with E-state index in [1.54, 1.807) is 0 Å². The monoisotopic (exact) mass is 188 g/mol. The number of carbonyl (C=O) groups excluding carboxylic acids is 2. The molecule has 1 rings (SSSR count). The van der Waals surface area contributed by atoms with Crippen LogP contribution in [-0.2, 0) is 14.3 Å². The first kappa shape index (κ1) is 9.98. The zero-order chi connectivity index (χ0) is 10.0. The Hall–Kier alpha value is -1.10. The van der Waals surface area contributed by atoms with Crippen LogP contribution in [0, 0.1) is 5.92 Å². The summed E-state index contributed by atoms with van der Waals surface area (Å²) in [6, 6.07) is -0.303. The van der Waals surface area contributed by atoms with E-state index in [-0.39, 0.29) is 12.0 Å². The molecule has 0 radical (unpaired) electrons. The van der Waals surface area contributed by atoms with E-state index >= 15 is 0 Å². The van der Waals surface area contributed by atoms with Crippen LogP contribution in [-0.4, -0.2) is 29.2 Å². The van der Waals surface area contributed by atoms with Gasteiger partial charge in [0.25, 0.3) is 0 Å². The first-order valence-corrected chi connectivity index (χ1v) is 4.19. The van der Waals surface area contributed by atoms with E-state index in [1.807, 2.05) is 0 Å². The number of esters is 1. The summed E-state index contributed by atoms with van der Waals surface area (Å²) in [5.74, 6) is -1.37. The van der Waals surface area contributed by atoms with Crippen molar-refractivity contribution in [2.24, 2.45) is 11.7 Å². The molecule has 1 aliphatic rings. The molecule has 0 aromatic heterocycles. The Morgan fingerprint density at radius 2 is 2.08 bits per heavy atom. The quantitative estimate of drug-likeness (QED) is 0.440. The van der Waals surface area contributed by atoms with Crippen LogP contribution in [0.1, 0.15) is 19.8 Å². The Kier molecular flexibility index (Phi) is 2.87. The van der Waals surface area contributed by atoms with Crippen LogP contribution in [0.4, 0.5) is 0 Å². The Balaban J connectivity index is 2.51. The lowest BCUT2D eigenvalue weighted by Gasteiger charge is -2.14. The minimum absolute atomic E-state index is 0.303. The summed E-state index contributed by atoms with van der Waals surface area (Å²) in [5.41, 5.74) is 5.64. The molecule has 0 heterocycles. The number of hydrogen-bond acceptors (Lipinski definition) is 4. The molecule has 0 aromatic rings. The Labute approximate surface area is 75.9 Å². The van der Waals surface area contributed by atoms with Gasteiger partial charge in [-0.1, -0.05) is 0 Å². The fourth-order valence-corrected chi connectivity index (χ4v) is 1.59. The van der Waals surface area contributed by atoms with Crippen LogP contribution in [0.15, 0.2) is 0 Å². The van der Waals surface area contributed by atoms with E-state index < -0.39 is 18.0 Å². The van der Waals surface area contributed by atoms with Gasteiger partial charge < -0.3 is 15.6 Å². The number of hydrogen-bond donors (Lipinski definition) is 1. The second-order valence-electron chi connectivity index (χ2n) is 3.34. The predicted octanol–water partition coefficient (Wildman–Crippen LogP) is -1.09. The fourth-order valence-electron chi connectivity index (χ4n) is 1.59. The van der Waals surface area contributed by atoms with Crippen molar-refractivity contribution in [3.05, 3.63) is 0 Å². The molecule has 1 saturated carbocycles. The molecule has 0 aromatic carbocycles. The fraction of sp³-hybridized carbons (Fsp3) is 0.750. The van der Waals surface area contributed by atoms with Crippen LogP contribution in [0.25, 0.3) is 0 Å². The van der Waals surface area contributed by atoms with Gasteiger partial charge in [-0.3, -0.25) is 4.79 Å². The molecular weight excluding hydrogens is 174 g/mol. The molecule has 0 saturated heterocycles. The van der Waals surface area contributed by atoms with Crippen LogP contribution in [0.5, 0.6) is 0 Å². The molecule has 0 aliphatic heterocycles. The Morgan fingerprint density at radius 1 is 1.46 bits per heavy atom. The zero-order valence-electron chi connectivity index (χ0n) is 7.45. The average molecular weight is 188 g/mol. The maximum atomic E-state index is 10.7. The normalized spacial score (nSPS) is 32.9. The molecule has 4 N–H and O–H groups in total. The van der Waals surface area contributed by atoms with Crippen molar-refractivity contribution in [1.82, 2.24) is 0 Å². The number of carbonyl (C=O) groups is 2. The van der Waals surface area contributed by atoms with Crippen molar-refractivity contribution in [2.45, 2.75) is 31.9 Å². The van der Waals surface area contributed by atoms with E-state index in [9.17, 15) is 9.59 Å². The molecule has 1 aliphatic carbocycles. The highest BCUT2D eigenvalue weighted by atomic mass is 16.5. The molecule has 3 atom stereocenters. The highest BCUT2D eigenvalue weighted by Gasteiger charge is 2.41. The summed E-state index contributed by atoms with van der Waals surface area (Å²) >= 11 is 0. The highest BCUT2D eigenvalue weighted by Crippen LogP contribution is 2.27. The second kappa shape index (κ2) is 3.74. The average Bonchev–Trinajstić information content (AvgIpc) is 2.31. The van der Waals surface area contributed by atoms with Crippen molar-refractivity contribution in [3.8, 4) is 0 Å². The SMILES string of the molecule is CC(=O)O[C@H]1C[C@@H](C(=O)[OH2+])C[C@@H]1N. The predicted molar refractivity (Wildman–Crippen MR) is 44.9 cm³/mol. The van der Waals surface area contributed by atoms with Crippen LogP contribution in [0.3, 0.4) is 0 Å². The molecule has 0 spiro atoms. The molecule has 5 heteroatoms. The van der Waals surface area contributed by atoms with E-state index in [4.69, 9.17) is 15.6 Å². The topological polar surface area (TPSA) is 92.3 Å². The lowest BCUT2D eigenvalue weighted by Crippen LogP contribution is -2.32. The largest absolute Gasteiger partial charge is 0.565 e. The summed E-state index contributed by atoms with van der Waals surface area (Å²) in [5, 5.41) is 6.90. The molecule has 0 unspecified atom stereocenters. The lowest BCUT2D eigenvalue weighted by atomic mass is 10.1. The van der Waals surface area contributed by atoms with Gasteiger partial charge in [-0.25, -0.2) is 0 Å². The third kappa shape index (κ3) is 2.42. The van der Waals surface area contributed by atoms with E-state index in [0.29, 0.717) is 12.8 Å².